The van der Waals surface area contributed by atoms with Gasteiger partial charge in [-0.05, 0) is 19.3 Å². The molecule has 1 aromatic rings. The van der Waals surface area contributed by atoms with Crippen LogP contribution >= 0.6 is 11.3 Å². The zero-order chi connectivity index (χ0) is 12.8. The quantitative estimate of drug-likeness (QED) is 0.781. The Kier molecular flexibility index (Phi) is 4.70. The van der Waals surface area contributed by atoms with Crippen molar-refractivity contribution < 1.29 is 9.53 Å². The van der Waals surface area contributed by atoms with Crippen molar-refractivity contribution in [3.05, 3.63) is 11.1 Å². The van der Waals surface area contributed by atoms with Gasteiger partial charge in [-0.15, -0.1) is 0 Å². The second-order valence-electron chi connectivity index (χ2n) is 3.88. The molecule has 1 saturated heterocycles. The van der Waals surface area contributed by atoms with Crippen LogP contribution < -0.4 is 11.1 Å². The summed E-state index contributed by atoms with van der Waals surface area (Å²) >= 11 is 1.34. The third-order valence-electron chi connectivity index (χ3n) is 2.52. The molecular weight excluding hydrogens is 250 g/mol. The zero-order valence-corrected chi connectivity index (χ0v) is 10.8. The summed E-state index contributed by atoms with van der Waals surface area (Å²) in [4.78, 5) is 16.7. The summed E-state index contributed by atoms with van der Waals surface area (Å²) < 4.78 is 5.40. The summed E-state index contributed by atoms with van der Waals surface area (Å²) in [5.74, 6) is 5.50. The molecule has 2 rings (SSSR count). The third kappa shape index (κ3) is 3.53. The summed E-state index contributed by atoms with van der Waals surface area (Å²) in [6.07, 6.45) is 4.12. The number of thiazole rings is 1. The Labute approximate surface area is 110 Å². The van der Waals surface area contributed by atoms with Gasteiger partial charge in [0.1, 0.15) is 6.10 Å². The van der Waals surface area contributed by atoms with Gasteiger partial charge < -0.3 is 10.5 Å². The van der Waals surface area contributed by atoms with Crippen molar-refractivity contribution in [1.29, 1.82) is 0 Å². The van der Waals surface area contributed by atoms with Crippen molar-refractivity contribution >= 4 is 22.4 Å². The van der Waals surface area contributed by atoms with E-state index in [-0.39, 0.29) is 12.0 Å². The number of nitrogens with one attached hydrogen (secondary N) is 1. The highest BCUT2D eigenvalue weighted by Gasteiger charge is 2.22. The van der Waals surface area contributed by atoms with E-state index in [0.29, 0.717) is 18.3 Å². The lowest BCUT2D eigenvalue weighted by Crippen LogP contribution is -2.33. The van der Waals surface area contributed by atoms with Crippen LogP contribution in [0.2, 0.25) is 0 Å². The Morgan fingerprint density at radius 1 is 1.67 bits per heavy atom. The summed E-state index contributed by atoms with van der Waals surface area (Å²) in [5, 5.41) is 3.30. The largest absolute Gasteiger partial charge is 0.368 e. The Hall–Kier alpha value is -1.42. The predicted molar refractivity (Wildman–Crippen MR) is 70.3 cm³/mol. The minimum absolute atomic E-state index is 0.123. The van der Waals surface area contributed by atoms with Crippen molar-refractivity contribution in [2.45, 2.75) is 25.4 Å². The average molecular weight is 265 g/mol. The number of carbonyl (C=O) groups excluding carboxylic acids is 1. The molecule has 18 heavy (non-hydrogen) atoms. The number of carbonyl (C=O) groups is 1. The van der Waals surface area contributed by atoms with Crippen LogP contribution in [0.3, 0.4) is 0 Å². The van der Waals surface area contributed by atoms with Gasteiger partial charge in [-0.25, -0.2) is 4.98 Å². The standard InChI is InChI=1S/C12H15N3O2S/c13-6-3-4-9-8-14-12(18-9)15-11(16)10-5-1-2-7-17-10/h8,10H,1-2,5-7,13H2,(H,14,15,16). The molecule has 1 aromatic heterocycles. The maximum absolute atomic E-state index is 11.9. The molecule has 0 bridgehead atoms. The van der Waals surface area contributed by atoms with Gasteiger partial charge in [-0.2, -0.15) is 0 Å². The molecule has 0 aliphatic carbocycles. The number of hydrogen-bond acceptors (Lipinski definition) is 5. The molecule has 0 spiro atoms. The fraction of sp³-hybridized carbons (Fsp3) is 0.500. The van der Waals surface area contributed by atoms with Crippen LogP contribution in [0.15, 0.2) is 6.20 Å². The number of rotatable bonds is 2. The minimum atomic E-state index is -0.346. The van der Waals surface area contributed by atoms with Crippen molar-refractivity contribution in [3.63, 3.8) is 0 Å². The van der Waals surface area contributed by atoms with Crippen LogP contribution in [0.25, 0.3) is 0 Å². The predicted octanol–water partition coefficient (Wildman–Crippen LogP) is 0.961. The number of nitrogens with zero attached hydrogens (tertiary/aromatic N) is 1. The Bertz CT molecular complexity index is 469. The smallest absolute Gasteiger partial charge is 0.255 e. The number of anilines is 1. The first-order valence-corrected chi connectivity index (χ1v) is 6.68. The molecule has 0 aromatic carbocycles. The topological polar surface area (TPSA) is 77.2 Å². The van der Waals surface area contributed by atoms with Crippen LogP contribution in [0.1, 0.15) is 24.1 Å². The van der Waals surface area contributed by atoms with Gasteiger partial charge in [0, 0.05) is 6.61 Å². The van der Waals surface area contributed by atoms with E-state index >= 15 is 0 Å². The second kappa shape index (κ2) is 6.50. The Balaban J connectivity index is 1.92. The van der Waals surface area contributed by atoms with Crippen LogP contribution in [-0.4, -0.2) is 30.1 Å². The molecule has 1 fully saturated rings. The molecule has 3 N–H and O–H groups in total. The molecule has 2 heterocycles. The summed E-state index contributed by atoms with van der Waals surface area (Å²) in [6, 6.07) is 0. The molecule has 1 unspecified atom stereocenters. The van der Waals surface area contributed by atoms with Gasteiger partial charge in [0.15, 0.2) is 5.13 Å². The number of amides is 1. The SMILES string of the molecule is NCC#Cc1cnc(NC(=O)C2CCCCO2)s1. The first-order valence-electron chi connectivity index (χ1n) is 5.87. The third-order valence-corrected chi connectivity index (χ3v) is 3.35. The lowest BCUT2D eigenvalue weighted by molar-refractivity contribution is -0.129. The van der Waals surface area contributed by atoms with E-state index in [4.69, 9.17) is 10.5 Å². The highest BCUT2D eigenvalue weighted by Crippen LogP contribution is 2.19. The fourth-order valence-corrected chi connectivity index (χ4v) is 2.36. The number of hydrogen-bond donors (Lipinski definition) is 2. The van der Waals surface area contributed by atoms with Crippen molar-refractivity contribution in [1.82, 2.24) is 4.98 Å². The molecule has 0 radical (unpaired) electrons. The van der Waals surface area contributed by atoms with E-state index in [1.54, 1.807) is 6.20 Å². The molecule has 96 valence electrons. The van der Waals surface area contributed by atoms with E-state index in [0.717, 1.165) is 24.1 Å². The van der Waals surface area contributed by atoms with E-state index in [1.807, 2.05) is 0 Å². The highest BCUT2D eigenvalue weighted by atomic mass is 32.1. The number of nitrogens with two attached hydrogens (primary N) is 1. The van der Waals surface area contributed by atoms with E-state index in [2.05, 4.69) is 22.1 Å². The van der Waals surface area contributed by atoms with Crippen LogP contribution in [0.4, 0.5) is 5.13 Å². The summed E-state index contributed by atoms with van der Waals surface area (Å²) in [5.41, 5.74) is 5.29. The molecule has 1 atom stereocenters. The van der Waals surface area contributed by atoms with Gasteiger partial charge in [0.25, 0.3) is 5.91 Å². The maximum Gasteiger partial charge on any atom is 0.255 e. The summed E-state index contributed by atoms with van der Waals surface area (Å²) in [7, 11) is 0. The van der Waals surface area contributed by atoms with Gasteiger partial charge >= 0.3 is 0 Å². The van der Waals surface area contributed by atoms with Crippen molar-refractivity contribution in [2.24, 2.45) is 5.73 Å². The lowest BCUT2D eigenvalue weighted by atomic mass is 10.1. The van der Waals surface area contributed by atoms with Crippen molar-refractivity contribution in [3.8, 4) is 11.8 Å². The number of aromatic nitrogens is 1. The monoisotopic (exact) mass is 265 g/mol. The average Bonchev–Trinajstić information content (AvgIpc) is 2.85. The zero-order valence-electron chi connectivity index (χ0n) is 9.94. The fourth-order valence-electron chi connectivity index (χ4n) is 1.66. The lowest BCUT2D eigenvalue weighted by Gasteiger charge is -2.20. The van der Waals surface area contributed by atoms with E-state index in [9.17, 15) is 4.79 Å². The first kappa shape index (κ1) is 13.0. The van der Waals surface area contributed by atoms with Crippen LogP contribution in [0.5, 0.6) is 0 Å². The van der Waals surface area contributed by atoms with Crippen LogP contribution in [-0.2, 0) is 9.53 Å². The highest BCUT2D eigenvalue weighted by molar-refractivity contribution is 7.16. The second-order valence-corrected chi connectivity index (χ2v) is 4.91. The molecule has 1 aliphatic rings. The van der Waals surface area contributed by atoms with Crippen molar-refractivity contribution in [2.75, 3.05) is 18.5 Å². The van der Waals surface area contributed by atoms with Gasteiger partial charge in [0.2, 0.25) is 0 Å². The summed E-state index contributed by atoms with van der Waals surface area (Å²) in [6.45, 7) is 0.971. The van der Waals surface area contributed by atoms with E-state index < -0.39 is 0 Å². The molecular formula is C12H15N3O2S. The Morgan fingerprint density at radius 3 is 3.28 bits per heavy atom. The molecule has 1 aliphatic heterocycles. The first-order chi connectivity index (χ1) is 8.79. The minimum Gasteiger partial charge on any atom is -0.368 e. The molecule has 6 heteroatoms. The molecule has 5 nitrogen and oxygen atoms in total. The van der Waals surface area contributed by atoms with E-state index in [1.165, 1.54) is 11.3 Å². The maximum atomic E-state index is 11.9. The van der Waals surface area contributed by atoms with Gasteiger partial charge in [-0.1, -0.05) is 23.2 Å². The molecule has 1 amide bonds. The molecule has 0 saturated carbocycles. The Morgan fingerprint density at radius 2 is 2.56 bits per heavy atom. The van der Waals surface area contributed by atoms with Gasteiger partial charge in [0.05, 0.1) is 17.6 Å². The van der Waals surface area contributed by atoms with Gasteiger partial charge in [-0.3, -0.25) is 10.1 Å². The van der Waals surface area contributed by atoms with Crippen LogP contribution in [0, 0.1) is 11.8 Å². The number of ether oxygens (including phenoxy) is 1. The normalized spacial score (nSPS) is 18.8.